The summed E-state index contributed by atoms with van der Waals surface area (Å²) in [5, 5.41) is 0. The standard InChI is InChI=1S/C29H34N2O2/c1-33-20-17-24-10-8-9-23(21-24)15-18-31-19-16-27(22-31)29(28(30)32,25-11-4-2-5-12-25)26-13-6-3-7-14-26/h2-14,21,27H,15-20,22H2,1H3,(H2,30,32). The third-order valence-corrected chi connectivity index (χ3v) is 7.03. The lowest BCUT2D eigenvalue weighted by Crippen LogP contribution is -2.49. The van der Waals surface area contributed by atoms with Crippen LogP contribution in [0, 0.1) is 5.92 Å². The van der Waals surface area contributed by atoms with Crippen molar-refractivity contribution in [3.63, 3.8) is 0 Å². The molecule has 172 valence electrons. The van der Waals surface area contributed by atoms with E-state index in [-0.39, 0.29) is 11.8 Å². The highest BCUT2D eigenvalue weighted by molar-refractivity contribution is 5.91. The van der Waals surface area contributed by atoms with Gasteiger partial charge in [0.05, 0.1) is 6.61 Å². The Bertz CT molecular complexity index is 996. The summed E-state index contributed by atoms with van der Waals surface area (Å²) in [6, 6.07) is 28.9. The van der Waals surface area contributed by atoms with Gasteiger partial charge in [-0.15, -0.1) is 0 Å². The zero-order valence-electron chi connectivity index (χ0n) is 19.5. The van der Waals surface area contributed by atoms with Crippen LogP contribution in [0.2, 0.25) is 0 Å². The molecule has 3 aromatic rings. The Morgan fingerprint density at radius 3 is 2.12 bits per heavy atom. The molecule has 0 spiro atoms. The minimum absolute atomic E-state index is 0.132. The van der Waals surface area contributed by atoms with Crippen LogP contribution in [0.15, 0.2) is 84.9 Å². The van der Waals surface area contributed by atoms with Gasteiger partial charge in [0.1, 0.15) is 5.41 Å². The van der Waals surface area contributed by atoms with E-state index in [0.29, 0.717) is 0 Å². The molecule has 1 aliphatic heterocycles. The third-order valence-electron chi connectivity index (χ3n) is 7.03. The first-order valence-corrected chi connectivity index (χ1v) is 11.8. The predicted molar refractivity (Wildman–Crippen MR) is 133 cm³/mol. The molecular weight excluding hydrogens is 408 g/mol. The first kappa shape index (κ1) is 23.2. The number of primary amides is 1. The largest absolute Gasteiger partial charge is 0.384 e. The van der Waals surface area contributed by atoms with Crippen LogP contribution >= 0.6 is 0 Å². The third kappa shape index (κ3) is 5.02. The Kier molecular flexibility index (Phi) is 7.58. The number of methoxy groups -OCH3 is 1. The molecule has 1 unspecified atom stereocenters. The summed E-state index contributed by atoms with van der Waals surface area (Å²) >= 11 is 0. The molecule has 0 radical (unpaired) electrons. The van der Waals surface area contributed by atoms with E-state index < -0.39 is 5.41 Å². The summed E-state index contributed by atoms with van der Waals surface area (Å²) in [4.78, 5) is 15.7. The quantitative estimate of drug-likeness (QED) is 0.512. The Hall–Kier alpha value is -2.95. The number of hydrogen-bond donors (Lipinski definition) is 1. The molecule has 1 aliphatic rings. The smallest absolute Gasteiger partial charge is 0.232 e. The lowest BCUT2D eigenvalue weighted by atomic mass is 9.64. The van der Waals surface area contributed by atoms with E-state index in [0.717, 1.165) is 56.6 Å². The van der Waals surface area contributed by atoms with Crippen molar-refractivity contribution in [2.45, 2.75) is 24.7 Å². The molecule has 4 heteroatoms. The average molecular weight is 443 g/mol. The Morgan fingerprint density at radius 2 is 1.55 bits per heavy atom. The number of ether oxygens (including phenoxy) is 1. The van der Waals surface area contributed by atoms with Crippen molar-refractivity contribution in [2.75, 3.05) is 33.4 Å². The average Bonchev–Trinajstić information content (AvgIpc) is 3.32. The SMILES string of the molecule is COCCc1cccc(CCN2CCC(C(C(N)=O)(c3ccccc3)c3ccccc3)C2)c1. The second kappa shape index (κ2) is 10.8. The van der Waals surface area contributed by atoms with Gasteiger partial charge in [-0.05, 0) is 54.0 Å². The van der Waals surface area contributed by atoms with E-state index in [1.54, 1.807) is 7.11 Å². The number of nitrogens with zero attached hydrogens (tertiary/aromatic N) is 1. The Morgan fingerprint density at radius 1 is 0.939 bits per heavy atom. The number of carbonyl (C=O) groups is 1. The van der Waals surface area contributed by atoms with Gasteiger partial charge in [0.25, 0.3) is 0 Å². The van der Waals surface area contributed by atoms with Gasteiger partial charge in [0.2, 0.25) is 5.91 Å². The summed E-state index contributed by atoms with van der Waals surface area (Å²) in [6.07, 6.45) is 2.87. The van der Waals surface area contributed by atoms with E-state index in [9.17, 15) is 4.79 Å². The summed E-state index contributed by atoms with van der Waals surface area (Å²) in [7, 11) is 1.74. The van der Waals surface area contributed by atoms with Crippen molar-refractivity contribution in [3.05, 3.63) is 107 Å². The number of likely N-dealkylation sites (tertiary alicyclic amines) is 1. The molecule has 3 aromatic carbocycles. The predicted octanol–water partition coefficient (Wildman–Crippen LogP) is 4.21. The van der Waals surface area contributed by atoms with Crippen molar-refractivity contribution in [2.24, 2.45) is 11.7 Å². The van der Waals surface area contributed by atoms with Crippen molar-refractivity contribution in [1.82, 2.24) is 4.90 Å². The number of hydrogen-bond acceptors (Lipinski definition) is 3. The van der Waals surface area contributed by atoms with E-state index in [1.807, 2.05) is 60.7 Å². The van der Waals surface area contributed by atoms with Gasteiger partial charge in [-0.1, -0.05) is 84.9 Å². The molecule has 4 rings (SSSR count). The van der Waals surface area contributed by atoms with Gasteiger partial charge >= 0.3 is 0 Å². The van der Waals surface area contributed by atoms with Gasteiger partial charge in [0.15, 0.2) is 0 Å². The summed E-state index contributed by atoms with van der Waals surface area (Å²) in [6.45, 7) is 3.55. The maximum atomic E-state index is 13.2. The molecule has 1 fully saturated rings. The zero-order valence-corrected chi connectivity index (χ0v) is 19.5. The molecule has 0 bridgehead atoms. The number of amides is 1. The van der Waals surface area contributed by atoms with Crippen LogP contribution in [0.3, 0.4) is 0 Å². The molecule has 1 heterocycles. The number of rotatable bonds is 10. The topological polar surface area (TPSA) is 55.6 Å². The van der Waals surface area contributed by atoms with E-state index in [4.69, 9.17) is 10.5 Å². The van der Waals surface area contributed by atoms with Crippen LogP contribution in [0.4, 0.5) is 0 Å². The van der Waals surface area contributed by atoms with Crippen LogP contribution in [-0.2, 0) is 27.8 Å². The normalized spacial score (nSPS) is 16.7. The van der Waals surface area contributed by atoms with E-state index in [2.05, 4.69) is 29.2 Å². The van der Waals surface area contributed by atoms with Gasteiger partial charge in [-0.25, -0.2) is 0 Å². The van der Waals surface area contributed by atoms with Crippen molar-refractivity contribution >= 4 is 5.91 Å². The highest BCUT2D eigenvalue weighted by atomic mass is 16.5. The summed E-state index contributed by atoms with van der Waals surface area (Å²) < 4.78 is 5.22. The number of carbonyl (C=O) groups excluding carboxylic acids is 1. The maximum absolute atomic E-state index is 13.2. The zero-order chi connectivity index (χ0) is 23.1. The fraction of sp³-hybridized carbons (Fsp3) is 0.345. The molecule has 0 aliphatic carbocycles. The van der Waals surface area contributed by atoms with Crippen molar-refractivity contribution < 1.29 is 9.53 Å². The highest BCUT2D eigenvalue weighted by Crippen LogP contribution is 2.43. The lowest BCUT2D eigenvalue weighted by molar-refractivity contribution is -0.123. The second-order valence-electron chi connectivity index (χ2n) is 9.00. The van der Waals surface area contributed by atoms with Crippen LogP contribution < -0.4 is 5.73 Å². The van der Waals surface area contributed by atoms with E-state index in [1.165, 1.54) is 11.1 Å². The van der Waals surface area contributed by atoms with Crippen molar-refractivity contribution in [1.29, 1.82) is 0 Å². The molecule has 1 saturated heterocycles. The van der Waals surface area contributed by atoms with Crippen LogP contribution in [0.5, 0.6) is 0 Å². The van der Waals surface area contributed by atoms with Crippen LogP contribution in [0.25, 0.3) is 0 Å². The van der Waals surface area contributed by atoms with Gasteiger partial charge in [0, 0.05) is 20.2 Å². The Labute approximate surface area is 197 Å². The van der Waals surface area contributed by atoms with E-state index >= 15 is 0 Å². The fourth-order valence-corrected chi connectivity index (χ4v) is 5.36. The fourth-order valence-electron chi connectivity index (χ4n) is 5.36. The number of nitrogens with two attached hydrogens (primary N) is 1. The molecule has 1 atom stereocenters. The summed E-state index contributed by atoms with van der Waals surface area (Å²) in [5.74, 6) is -0.134. The highest BCUT2D eigenvalue weighted by Gasteiger charge is 2.49. The first-order chi connectivity index (χ1) is 16.1. The van der Waals surface area contributed by atoms with Gasteiger partial charge in [-0.3, -0.25) is 4.79 Å². The Balaban J connectivity index is 1.53. The minimum Gasteiger partial charge on any atom is -0.384 e. The molecule has 1 amide bonds. The molecular formula is C29H34N2O2. The maximum Gasteiger partial charge on any atom is 0.232 e. The lowest BCUT2D eigenvalue weighted by Gasteiger charge is -2.37. The van der Waals surface area contributed by atoms with Gasteiger partial charge in [-0.2, -0.15) is 0 Å². The van der Waals surface area contributed by atoms with Crippen LogP contribution in [0.1, 0.15) is 28.7 Å². The minimum atomic E-state index is -0.822. The molecule has 0 saturated carbocycles. The second-order valence-corrected chi connectivity index (χ2v) is 9.00. The molecule has 4 nitrogen and oxygen atoms in total. The molecule has 33 heavy (non-hydrogen) atoms. The monoisotopic (exact) mass is 442 g/mol. The first-order valence-electron chi connectivity index (χ1n) is 11.8. The van der Waals surface area contributed by atoms with Crippen LogP contribution in [-0.4, -0.2) is 44.2 Å². The number of benzene rings is 3. The van der Waals surface area contributed by atoms with Gasteiger partial charge < -0.3 is 15.4 Å². The molecule has 0 aromatic heterocycles. The van der Waals surface area contributed by atoms with Crippen molar-refractivity contribution in [3.8, 4) is 0 Å². The molecule has 2 N–H and O–H groups in total. The summed E-state index contributed by atoms with van der Waals surface area (Å²) in [5.41, 5.74) is 10.0.